The standard InChI is InChI=1S/C23H31N5O6/c1-3-34-23(33)27-12-10-26(11-13-27)15-21(31)28-9-8-24-22(32)19(28)14-20(30)25-18-6-4-17(5-7-18)16(2)29/h4-7,19H,3,8-15H2,1-2H3,(H,24,32)(H,25,30). The number of benzene rings is 1. The van der Waals surface area contributed by atoms with Crippen LogP contribution in [-0.2, 0) is 19.1 Å². The Morgan fingerprint density at radius 1 is 1.06 bits per heavy atom. The molecule has 0 radical (unpaired) electrons. The van der Waals surface area contributed by atoms with Gasteiger partial charge in [-0.2, -0.15) is 0 Å². The number of anilines is 1. The minimum atomic E-state index is -0.904. The van der Waals surface area contributed by atoms with Crippen molar-refractivity contribution in [3.8, 4) is 0 Å². The fourth-order valence-electron chi connectivity index (χ4n) is 3.98. The average Bonchev–Trinajstić information content (AvgIpc) is 2.81. The molecule has 3 rings (SSSR count). The summed E-state index contributed by atoms with van der Waals surface area (Å²) in [6.07, 6.45) is -0.536. The lowest BCUT2D eigenvalue weighted by atomic mass is 10.1. The van der Waals surface area contributed by atoms with Crippen molar-refractivity contribution in [2.45, 2.75) is 26.3 Å². The van der Waals surface area contributed by atoms with E-state index in [1.807, 2.05) is 4.90 Å². The first-order valence-electron chi connectivity index (χ1n) is 11.4. The molecule has 1 aromatic rings. The Labute approximate surface area is 198 Å². The highest BCUT2D eigenvalue weighted by Gasteiger charge is 2.35. The fraction of sp³-hybridized carbons (Fsp3) is 0.522. The van der Waals surface area contributed by atoms with E-state index in [0.29, 0.717) is 57.1 Å². The summed E-state index contributed by atoms with van der Waals surface area (Å²) in [4.78, 5) is 66.3. The fourth-order valence-corrected chi connectivity index (χ4v) is 3.98. The van der Waals surface area contributed by atoms with Crippen LogP contribution in [0.25, 0.3) is 0 Å². The van der Waals surface area contributed by atoms with E-state index >= 15 is 0 Å². The summed E-state index contributed by atoms with van der Waals surface area (Å²) in [5.41, 5.74) is 1.04. The van der Waals surface area contributed by atoms with E-state index in [1.54, 1.807) is 36.1 Å². The molecule has 4 amide bonds. The molecule has 2 aliphatic rings. The Morgan fingerprint density at radius 3 is 2.35 bits per heavy atom. The van der Waals surface area contributed by atoms with Gasteiger partial charge < -0.3 is 25.2 Å². The quantitative estimate of drug-likeness (QED) is 0.546. The van der Waals surface area contributed by atoms with E-state index in [9.17, 15) is 24.0 Å². The second-order valence-corrected chi connectivity index (χ2v) is 8.24. The van der Waals surface area contributed by atoms with Crippen molar-refractivity contribution in [1.29, 1.82) is 0 Å². The van der Waals surface area contributed by atoms with Gasteiger partial charge in [0.25, 0.3) is 0 Å². The molecular formula is C23H31N5O6. The molecular weight excluding hydrogens is 442 g/mol. The van der Waals surface area contributed by atoms with Crippen LogP contribution in [0, 0.1) is 0 Å². The smallest absolute Gasteiger partial charge is 0.409 e. The zero-order valence-electron chi connectivity index (χ0n) is 19.5. The molecule has 34 heavy (non-hydrogen) atoms. The molecule has 2 N–H and O–H groups in total. The van der Waals surface area contributed by atoms with Crippen molar-refractivity contribution < 1.29 is 28.7 Å². The lowest BCUT2D eigenvalue weighted by Crippen LogP contribution is -2.60. The Morgan fingerprint density at radius 2 is 1.74 bits per heavy atom. The second kappa shape index (κ2) is 11.6. The number of carbonyl (C=O) groups excluding carboxylic acids is 5. The van der Waals surface area contributed by atoms with Gasteiger partial charge in [0, 0.05) is 50.5 Å². The zero-order chi connectivity index (χ0) is 24.7. The summed E-state index contributed by atoms with van der Waals surface area (Å²) in [6.45, 7) is 6.23. The lowest BCUT2D eigenvalue weighted by molar-refractivity contribution is -0.145. The number of hydrogen-bond donors (Lipinski definition) is 2. The van der Waals surface area contributed by atoms with Gasteiger partial charge in [-0.25, -0.2) is 4.79 Å². The number of nitrogens with one attached hydrogen (secondary N) is 2. The summed E-state index contributed by atoms with van der Waals surface area (Å²) in [6, 6.07) is 5.56. The van der Waals surface area contributed by atoms with Crippen LogP contribution < -0.4 is 10.6 Å². The highest BCUT2D eigenvalue weighted by atomic mass is 16.6. The van der Waals surface area contributed by atoms with Crippen molar-refractivity contribution in [2.24, 2.45) is 0 Å². The predicted octanol–water partition coefficient (Wildman–Crippen LogP) is 0.319. The van der Waals surface area contributed by atoms with Gasteiger partial charge in [-0.1, -0.05) is 0 Å². The molecule has 2 heterocycles. The van der Waals surface area contributed by atoms with Crippen molar-refractivity contribution in [3.63, 3.8) is 0 Å². The lowest BCUT2D eigenvalue weighted by Gasteiger charge is -2.38. The van der Waals surface area contributed by atoms with E-state index < -0.39 is 11.9 Å². The van der Waals surface area contributed by atoms with Gasteiger partial charge in [0.05, 0.1) is 19.6 Å². The number of amides is 4. The second-order valence-electron chi connectivity index (χ2n) is 8.24. The van der Waals surface area contributed by atoms with Gasteiger partial charge in [0.1, 0.15) is 6.04 Å². The molecule has 184 valence electrons. The minimum absolute atomic E-state index is 0.0757. The zero-order valence-corrected chi connectivity index (χ0v) is 19.5. The van der Waals surface area contributed by atoms with Crippen LogP contribution >= 0.6 is 0 Å². The predicted molar refractivity (Wildman–Crippen MR) is 123 cm³/mol. The first-order valence-corrected chi connectivity index (χ1v) is 11.4. The van der Waals surface area contributed by atoms with Crippen LogP contribution in [0.5, 0.6) is 0 Å². The Hall–Kier alpha value is -3.47. The normalized spacial score (nSPS) is 18.8. The van der Waals surface area contributed by atoms with Crippen LogP contribution in [-0.4, -0.2) is 103 Å². The Bertz CT molecular complexity index is 926. The SMILES string of the molecule is CCOC(=O)N1CCN(CC(=O)N2CCNC(=O)C2CC(=O)Nc2ccc(C(C)=O)cc2)CC1. The van der Waals surface area contributed by atoms with Gasteiger partial charge in [-0.3, -0.25) is 24.1 Å². The van der Waals surface area contributed by atoms with Crippen molar-refractivity contribution >= 4 is 35.3 Å². The van der Waals surface area contributed by atoms with E-state index in [4.69, 9.17) is 4.74 Å². The molecule has 0 aromatic heterocycles. The molecule has 2 fully saturated rings. The summed E-state index contributed by atoms with van der Waals surface area (Å²) in [5.74, 6) is -1.08. The van der Waals surface area contributed by atoms with Crippen LogP contribution in [0.15, 0.2) is 24.3 Å². The number of piperazine rings is 2. The number of ketones is 1. The number of nitrogens with zero attached hydrogens (tertiary/aromatic N) is 3. The maximum Gasteiger partial charge on any atom is 0.409 e. The first-order chi connectivity index (χ1) is 16.3. The third kappa shape index (κ3) is 6.53. The molecule has 2 saturated heterocycles. The summed E-state index contributed by atoms with van der Waals surface area (Å²) < 4.78 is 5.01. The van der Waals surface area contributed by atoms with Crippen LogP contribution in [0.2, 0.25) is 0 Å². The van der Waals surface area contributed by atoms with Crippen LogP contribution in [0.1, 0.15) is 30.6 Å². The molecule has 2 aliphatic heterocycles. The topological polar surface area (TPSA) is 128 Å². The summed E-state index contributed by atoms with van der Waals surface area (Å²) in [7, 11) is 0. The Balaban J connectivity index is 1.55. The molecule has 0 bridgehead atoms. The third-order valence-corrected chi connectivity index (χ3v) is 5.86. The molecule has 1 aromatic carbocycles. The van der Waals surface area contributed by atoms with Gasteiger partial charge in [0.2, 0.25) is 17.7 Å². The number of rotatable bonds is 7. The first kappa shape index (κ1) is 25.2. The highest BCUT2D eigenvalue weighted by Crippen LogP contribution is 2.15. The largest absolute Gasteiger partial charge is 0.450 e. The molecule has 11 nitrogen and oxygen atoms in total. The van der Waals surface area contributed by atoms with Gasteiger partial charge in [-0.15, -0.1) is 0 Å². The molecule has 0 saturated carbocycles. The Kier molecular flexibility index (Phi) is 8.58. The van der Waals surface area contributed by atoms with E-state index in [2.05, 4.69) is 10.6 Å². The monoisotopic (exact) mass is 473 g/mol. The van der Waals surface area contributed by atoms with E-state index in [0.717, 1.165) is 0 Å². The van der Waals surface area contributed by atoms with Crippen molar-refractivity contribution in [2.75, 3.05) is 57.7 Å². The van der Waals surface area contributed by atoms with E-state index in [1.165, 1.54) is 11.8 Å². The maximum absolute atomic E-state index is 13.0. The number of ether oxygens (including phenoxy) is 1. The van der Waals surface area contributed by atoms with Crippen LogP contribution in [0.3, 0.4) is 0 Å². The van der Waals surface area contributed by atoms with Crippen molar-refractivity contribution in [3.05, 3.63) is 29.8 Å². The number of carbonyl (C=O) groups is 5. The van der Waals surface area contributed by atoms with E-state index in [-0.39, 0.29) is 36.7 Å². The van der Waals surface area contributed by atoms with Gasteiger partial charge >= 0.3 is 6.09 Å². The molecule has 0 spiro atoms. The average molecular weight is 474 g/mol. The minimum Gasteiger partial charge on any atom is -0.450 e. The molecule has 1 atom stereocenters. The molecule has 11 heteroatoms. The van der Waals surface area contributed by atoms with Gasteiger partial charge in [0.15, 0.2) is 5.78 Å². The molecule has 1 unspecified atom stereocenters. The third-order valence-electron chi connectivity index (χ3n) is 5.86. The van der Waals surface area contributed by atoms with Crippen LogP contribution in [0.4, 0.5) is 10.5 Å². The maximum atomic E-state index is 13.0. The summed E-state index contributed by atoms with van der Waals surface area (Å²) in [5, 5.41) is 5.43. The number of Topliss-reactive ketones (excluding diaryl/α,β-unsaturated/α-hetero) is 1. The molecule has 0 aliphatic carbocycles. The highest BCUT2D eigenvalue weighted by molar-refractivity contribution is 5.98. The number of hydrogen-bond acceptors (Lipinski definition) is 7. The summed E-state index contributed by atoms with van der Waals surface area (Å²) >= 11 is 0. The van der Waals surface area contributed by atoms with Gasteiger partial charge in [-0.05, 0) is 38.1 Å². The van der Waals surface area contributed by atoms with Crippen molar-refractivity contribution in [1.82, 2.24) is 20.0 Å².